The molecule has 0 aliphatic heterocycles. The molecule has 0 bridgehead atoms. The minimum atomic E-state index is 0.00792. The Morgan fingerprint density at radius 3 is 1.58 bits per heavy atom. The van der Waals surface area contributed by atoms with E-state index in [4.69, 9.17) is 20.9 Å². The highest BCUT2D eigenvalue weighted by molar-refractivity contribution is 6.22. The van der Waals surface area contributed by atoms with Gasteiger partial charge in [-0.15, -0.1) is 0 Å². The van der Waals surface area contributed by atoms with Crippen LogP contribution in [0.4, 0.5) is 0 Å². The Hall–Kier alpha value is -2.37. The zero-order valence-electron chi connectivity index (χ0n) is 13.6. The average molecular weight is 326 g/mol. The van der Waals surface area contributed by atoms with Crippen molar-refractivity contribution in [2.45, 2.75) is 12.8 Å². The monoisotopic (exact) mass is 326 g/mol. The van der Waals surface area contributed by atoms with Crippen molar-refractivity contribution >= 4 is 5.78 Å². The SMILES string of the molecule is NCCCOc1ccc2c(c1)C(=O)c1cc(OCCCN)ccc1-2. The Morgan fingerprint density at radius 1 is 0.708 bits per heavy atom. The second kappa shape index (κ2) is 7.47. The Kier molecular flexibility index (Phi) is 5.13. The number of rotatable bonds is 8. The molecule has 2 aromatic rings. The number of carbonyl (C=O) groups excluding carboxylic acids is 1. The normalized spacial score (nSPS) is 12.0. The first kappa shape index (κ1) is 16.5. The zero-order chi connectivity index (χ0) is 16.9. The van der Waals surface area contributed by atoms with Gasteiger partial charge in [0.1, 0.15) is 11.5 Å². The van der Waals surface area contributed by atoms with E-state index in [0.717, 1.165) is 24.0 Å². The van der Waals surface area contributed by atoms with E-state index in [2.05, 4.69) is 0 Å². The van der Waals surface area contributed by atoms with Crippen LogP contribution < -0.4 is 20.9 Å². The van der Waals surface area contributed by atoms with Crippen LogP contribution in [0.2, 0.25) is 0 Å². The maximum Gasteiger partial charge on any atom is 0.194 e. The summed E-state index contributed by atoms with van der Waals surface area (Å²) < 4.78 is 11.3. The topological polar surface area (TPSA) is 87.6 Å². The van der Waals surface area contributed by atoms with Gasteiger partial charge in [-0.05, 0) is 73.5 Å². The number of fused-ring (bicyclic) bond motifs is 3. The van der Waals surface area contributed by atoms with Gasteiger partial charge in [-0.1, -0.05) is 0 Å². The Labute approximate surface area is 141 Å². The van der Waals surface area contributed by atoms with Crippen LogP contribution in [0.5, 0.6) is 11.5 Å². The van der Waals surface area contributed by atoms with Gasteiger partial charge in [0.05, 0.1) is 13.2 Å². The summed E-state index contributed by atoms with van der Waals surface area (Å²) in [6.07, 6.45) is 1.57. The lowest BCUT2D eigenvalue weighted by Crippen LogP contribution is -2.06. The van der Waals surface area contributed by atoms with Crippen molar-refractivity contribution in [3.63, 3.8) is 0 Å². The fourth-order valence-corrected chi connectivity index (χ4v) is 2.76. The fourth-order valence-electron chi connectivity index (χ4n) is 2.76. The number of ketones is 1. The maximum absolute atomic E-state index is 12.7. The molecule has 0 fully saturated rings. The second-order valence-electron chi connectivity index (χ2n) is 5.73. The number of hydrogen-bond acceptors (Lipinski definition) is 5. The fraction of sp³-hybridized carbons (Fsp3) is 0.316. The molecule has 0 saturated carbocycles. The van der Waals surface area contributed by atoms with E-state index in [1.807, 2.05) is 36.4 Å². The highest BCUT2D eigenvalue weighted by Gasteiger charge is 2.27. The third-order valence-corrected chi connectivity index (χ3v) is 4.00. The van der Waals surface area contributed by atoms with Crippen molar-refractivity contribution in [3.05, 3.63) is 47.5 Å². The van der Waals surface area contributed by atoms with Gasteiger partial charge in [-0.25, -0.2) is 0 Å². The predicted octanol–water partition coefficient (Wildman–Crippen LogP) is 2.35. The highest BCUT2D eigenvalue weighted by Crippen LogP contribution is 2.39. The van der Waals surface area contributed by atoms with E-state index in [0.29, 0.717) is 48.9 Å². The lowest BCUT2D eigenvalue weighted by Gasteiger charge is -2.07. The lowest BCUT2D eigenvalue weighted by atomic mass is 10.1. The standard InChI is InChI=1S/C19H22N2O3/c20-7-1-9-23-13-3-5-15-16-6-4-14(24-10-2-8-21)12-18(16)19(22)17(15)11-13/h3-6,11-12H,1-2,7-10,20-21H2. The Balaban J connectivity index is 1.81. The molecule has 2 aromatic carbocycles. The quantitative estimate of drug-likeness (QED) is 0.620. The van der Waals surface area contributed by atoms with E-state index < -0.39 is 0 Å². The van der Waals surface area contributed by atoms with Gasteiger partial charge in [0, 0.05) is 11.1 Å². The zero-order valence-corrected chi connectivity index (χ0v) is 13.6. The van der Waals surface area contributed by atoms with Crippen molar-refractivity contribution in [1.82, 2.24) is 0 Å². The first-order chi connectivity index (χ1) is 11.7. The van der Waals surface area contributed by atoms with Crippen LogP contribution in [0, 0.1) is 0 Å². The number of nitrogens with two attached hydrogens (primary N) is 2. The van der Waals surface area contributed by atoms with E-state index in [9.17, 15) is 4.79 Å². The van der Waals surface area contributed by atoms with Crippen LogP contribution in [-0.4, -0.2) is 32.1 Å². The van der Waals surface area contributed by atoms with Gasteiger partial charge in [0.2, 0.25) is 0 Å². The van der Waals surface area contributed by atoms with Crippen molar-refractivity contribution in [2.75, 3.05) is 26.3 Å². The third-order valence-electron chi connectivity index (χ3n) is 4.00. The number of hydrogen-bond donors (Lipinski definition) is 2. The van der Waals surface area contributed by atoms with Crippen LogP contribution in [0.1, 0.15) is 28.8 Å². The molecule has 1 aliphatic carbocycles. The van der Waals surface area contributed by atoms with Crippen LogP contribution in [0.15, 0.2) is 36.4 Å². The Bertz CT molecular complexity index is 682. The van der Waals surface area contributed by atoms with Crippen molar-refractivity contribution in [3.8, 4) is 22.6 Å². The summed E-state index contributed by atoms with van der Waals surface area (Å²) in [6.45, 7) is 2.27. The van der Waals surface area contributed by atoms with Crippen molar-refractivity contribution in [2.24, 2.45) is 11.5 Å². The van der Waals surface area contributed by atoms with E-state index in [1.165, 1.54) is 0 Å². The average Bonchev–Trinajstić information content (AvgIpc) is 2.88. The van der Waals surface area contributed by atoms with E-state index in [-0.39, 0.29) is 5.78 Å². The molecule has 0 radical (unpaired) electrons. The first-order valence-electron chi connectivity index (χ1n) is 8.23. The molecule has 5 heteroatoms. The molecule has 24 heavy (non-hydrogen) atoms. The minimum Gasteiger partial charge on any atom is -0.494 e. The molecule has 0 amide bonds. The maximum atomic E-state index is 12.7. The van der Waals surface area contributed by atoms with Gasteiger partial charge in [-0.2, -0.15) is 0 Å². The molecule has 0 saturated heterocycles. The Morgan fingerprint density at radius 2 is 1.17 bits per heavy atom. The van der Waals surface area contributed by atoms with E-state index in [1.54, 1.807) is 0 Å². The molecule has 5 nitrogen and oxygen atoms in total. The number of carbonyl (C=O) groups is 1. The molecule has 0 heterocycles. The summed E-state index contributed by atoms with van der Waals surface area (Å²) in [6, 6.07) is 11.3. The summed E-state index contributed by atoms with van der Waals surface area (Å²) >= 11 is 0. The highest BCUT2D eigenvalue weighted by atomic mass is 16.5. The lowest BCUT2D eigenvalue weighted by molar-refractivity contribution is 0.104. The van der Waals surface area contributed by atoms with Crippen LogP contribution >= 0.6 is 0 Å². The van der Waals surface area contributed by atoms with Gasteiger partial charge in [0.25, 0.3) is 0 Å². The van der Waals surface area contributed by atoms with Crippen molar-refractivity contribution in [1.29, 1.82) is 0 Å². The van der Waals surface area contributed by atoms with Gasteiger partial charge in [0.15, 0.2) is 5.78 Å². The molecule has 0 unspecified atom stereocenters. The van der Waals surface area contributed by atoms with Gasteiger partial charge >= 0.3 is 0 Å². The smallest absolute Gasteiger partial charge is 0.194 e. The van der Waals surface area contributed by atoms with Crippen molar-refractivity contribution < 1.29 is 14.3 Å². The minimum absolute atomic E-state index is 0.00792. The molecule has 0 spiro atoms. The third kappa shape index (κ3) is 3.27. The summed E-state index contributed by atoms with van der Waals surface area (Å²) in [5.74, 6) is 1.40. The van der Waals surface area contributed by atoms with Crippen LogP contribution in [-0.2, 0) is 0 Å². The van der Waals surface area contributed by atoms with E-state index >= 15 is 0 Å². The van der Waals surface area contributed by atoms with Gasteiger partial charge < -0.3 is 20.9 Å². The summed E-state index contributed by atoms with van der Waals surface area (Å²) in [4.78, 5) is 12.7. The first-order valence-corrected chi connectivity index (χ1v) is 8.23. The molecule has 0 atom stereocenters. The number of benzene rings is 2. The van der Waals surface area contributed by atoms with Crippen LogP contribution in [0.3, 0.4) is 0 Å². The molecular formula is C19H22N2O3. The molecule has 0 aromatic heterocycles. The van der Waals surface area contributed by atoms with Gasteiger partial charge in [-0.3, -0.25) is 4.79 Å². The number of ether oxygens (including phenoxy) is 2. The molecule has 4 N–H and O–H groups in total. The molecule has 1 aliphatic rings. The summed E-state index contributed by atoms with van der Waals surface area (Å²) in [5.41, 5.74) is 14.2. The second-order valence-corrected chi connectivity index (χ2v) is 5.73. The molecule has 3 rings (SSSR count). The largest absolute Gasteiger partial charge is 0.494 e. The summed E-state index contributed by atoms with van der Waals surface area (Å²) in [5, 5.41) is 0. The van der Waals surface area contributed by atoms with Crippen LogP contribution in [0.25, 0.3) is 11.1 Å². The predicted molar refractivity (Wildman–Crippen MR) is 93.6 cm³/mol. The molecular weight excluding hydrogens is 304 g/mol. The summed E-state index contributed by atoms with van der Waals surface area (Å²) in [7, 11) is 0. The molecule has 126 valence electrons.